The predicted octanol–water partition coefficient (Wildman–Crippen LogP) is 3.02. The number of rotatable bonds is 10. The molecule has 4 rings (SSSR count). The normalized spacial score (nSPS) is 11.9. The van der Waals surface area contributed by atoms with E-state index >= 15 is 0 Å². The number of hydrogen-bond acceptors (Lipinski definition) is 9. The van der Waals surface area contributed by atoms with Crippen LogP contribution in [0.25, 0.3) is 22.9 Å². The number of thioether (sulfide) groups is 1. The lowest BCUT2D eigenvalue weighted by molar-refractivity contribution is -0.139. The summed E-state index contributed by atoms with van der Waals surface area (Å²) < 4.78 is 6.17. The number of carbonyl (C=O) groups excluding carboxylic acids is 2. The molecule has 2 aromatic carbocycles. The number of benzene rings is 2. The van der Waals surface area contributed by atoms with E-state index in [9.17, 15) is 14.4 Å². The molecule has 200 valence electrons. The van der Waals surface area contributed by atoms with Gasteiger partial charge in [-0.1, -0.05) is 35.9 Å². The molecule has 1 atom stereocenters. The average Bonchev–Trinajstić information content (AvgIpc) is 3.47. The smallest absolute Gasteiger partial charge is 0.309 e. The number of carbonyl (C=O) groups is 2. The van der Waals surface area contributed by atoms with Crippen molar-refractivity contribution in [3.05, 3.63) is 93.1 Å². The predicted molar refractivity (Wildman–Crippen MR) is 148 cm³/mol. The molecule has 4 aromatic rings. The highest BCUT2D eigenvalue weighted by Crippen LogP contribution is 2.22. The van der Waals surface area contributed by atoms with Crippen LogP contribution in [0.1, 0.15) is 22.9 Å². The highest BCUT2D eigenvalue weighted by molar-refractivity contribution is 7.98. The maximum absolute atomic E-state index is 12.9. The lowest BCUT2D eigenvalue weighted by Gasteiger charge is -2.17. The number of amides is 1. The first-order valence-corrected chi connectivity index (χ1v) is 13.4. The van der Waals surface area contributed by atoms with Gasteiger partial charge >= 0.3 is 5.97 Å². The number of ether oxygens (including phenoxy) is 1. The van der Waals surface area contributed by atoms with Gasteiger partial charge in [0.1, 0.15) is 6.33 Å². The summed E-state index contributed by atoms with van der Waals surface area (Å²) in [5.41, 5.74) is 3.23. The molecule has 0 saturated carbocycles. The Balaban J connectivity index is 1.54. The Morgan fingerprint density at radius 3 is 2.69 bits per heavy atom. The Hall–Kier alpha value is -4.29. The molecule has 2 heterocycles. The molecule has 2 N–H and O–H groups in total. The second-order valence-electron chi connectivity index (χ2n) is 8.29. The Morgan fingerprint density at radius 2 is 2.00 bits per heavy atom. The van der Waals surface area contributed by atoms with Crippen LogP contribution in [0.4, 0.5) is 0 Å². The van der Waals surface area contributed by atoms with Crippen molar-refractivity contribution < 1.29 is 14.3 Å². The van der Waals surface area contributed by atoms with Crippen LogP contribution >= 0.6 is 23.4 Å². The molecule has 1 amide bonds. The van der Waals surface area contributed by atoms with Crippen molar-refractivity contribution in [3.8, 4) is 16.8 Å². The highest BCUT2D eigenvalue weighted by atomic mass is 35.5. The quantitative estimate of drug-likeness (QED) is 0.219. The Morgan fingerprint density at radius 1 is 1.21 bits per heavy atom. The molecule has 0 radical (unpaired) electrons. The molecule has 0 aliphatic heterocycles. The van der Waals surface area contributed by atoms with Gasteiger partial charge in [-0.05, 0) is 58.2 Å². The number of esters is 1. The van der Waals surface area contributed by atoms with Crippen molar-refractivity contribution in [1.29, 1.82) is 0 Å². The Labute approximate surface area is 232 Å². The minimum Gasteiger partial charge on any atom is -0.469 e. The maximum Gasteiger partial charge on any atom is 0.309 e. The monoisotopic (exact) mass is 565 g/mol. The molecule has 0 fully saturated rings. The first kappa shape index (κ1) is 27.7. The van der Waals surface area contributed by atoms with E-state index in [2.05, 4.69) is 31.0 Å². The van der Waals surface area contributed by atoms with Crippen LogP contribution in [-0.2, 0) is 20.7 Å². The Kier molecular flexibility index (Phi) is 9.23. The van der Waals surface area contributed by atoms with Gasteiger partial charge in [0.25, 0.3) is 5.56 Å². The van der Waals surface area contributed by atoms with Crippen LogP contribution in [-0.4, -0.2) is 61.4 Å². The number of aromatic nitrogens is 6. The lowest BCUT2D eigenvalue weighted by atomic mass is 10.0. The largest absolute Gasteiger partial charge is 0.469 e. The van der Waals surface area contributed by atoms with Crippen molar-refractivity contribution >= 4 is 41.3 Å². The summed E-state index contributed by atoms with van der Waals surface area (Å²) in [7, 11) is 1.33. The van der Waals surface area contributed by atoms with Crippen LogP contribution in [0.2, 0.25) is 5.02 Å². The topological polar surface area (TPSA) is 145 Å². The van der Waals surface area contributed by atoms with Crippen LogP contribution in [0.3, 0.4) is 0 Å². The summed E-state index contributed by atoms with van der Waals surface area (Å²) in [4.78, 5) is 37.0. The van der Waals surface area contributed by atoms with Gasteiger partial charge < -0.3 is 10.1 Å². The molecule has 2 aromatic heterocycles. The van der Waals surface area contributed by atoms with Crippen LogP contribution in [0, 0.1) is 0 Å². The van der Waals surface area contributed by atoms with Crippen molar-refractivity contribution in [1.82, 2.24) is 35.7 Å². The van der Waals surface area contributed by atoms with E-state index in [0.717, 1.165) is 5.56 Å². The first-order chi connectivity index (χ1) is 18.9. The van der Waals surface area contributed by atoms with Gasteiger partial charge in [0.15, 0.2) is 0 Å². The summed E-state index contributed by atoms with van der Waals surface area (Å²) in [6, 6.07) is 13.4. The van der Waals surface area contributed by atoms with E-state index in [1.165, 1.54) is 36.0 Å². The SMILES string of the molecule is COC(=O)Cc1ccc(-c2cc([C@H](CSC)NC(=O)/C=C/c3cc(Cl)ccc3-n3cnnn3)n[nH]c2=O)cc1. The summed E-state index contributed by atoms with van der Waals surface area (Å²) in [5.74, 6) is -0.194. The fourth-order valence-corrected chi connectivity index (χ4v) is 4.52. The number of nitrogens with one attached hydrogen (secondary N) is 2. The molecule has 0 aliphatic rings. The Bertz CT molecular complexity index is 1540. The van der Waals surface area contributed by atoms with E-state index in [-0.39, 0.29) is 23.9 Å². The van der Waals surface area contributed by atoms with Crippen molar-refractivity contribution in [2.45, 2.75) is 12.5 Å². The van der Waals surface area contributed by atoms with Crippen molar-refractivity contribution in [2.75, 3.05) is 19.1 Å². The second kappa shape index (κ2) is 13.0. The minimum absolute atomic E-state index is 0.135. The molecule has 0 saturated heterocycles. The molecule has 0 aliphatic carbocycles. The highest BCUT2D eigenvalue weighted by Gasteiger charge is 2.18. The van der Waals surface area contributed by atoms with Crippen LogP contribution in [0.5, 0.6) is 0 Å². The third-order valence-electron chi connectivity index (χ3n) is 5.67. The van der Waals surface area contributed by atoms with Gasteiger partial charge in [0.2, 0.25) is 5.91 Å². The van der Waals surface area contributed by atoms with E-state index in [0.29, 0.717) is 38.8 Å². The fraction of sp³-hybridized carbons (Fsp3) is 0.192. The van der Waals surface area contributed by atoms with Gasteiger partial charge in [-0.3, -0.25) is 14.4 Å². The van der Waals surface area contributed by atoms with Gasteiger partial charge in [-0.15, -0.1) is 5.10 Å². The molecule has 0 unspecified atom stereocenters. The minimum atomic E-state index is -0.482. The van der Waals surface area contributed by atoms with E-state index in [1.54, 1.807) is 54.6 Å². The van der Waals surface area contributed by atoms with Gasteiger partial charge in [-0.2, -0.15) is 21.5 Å². The zero-order valence-electron chi connectivity index (χ0n) is 21.0. The molecule has 13 heteroatoms. The third kappa shape index (κ3) is 7.18. The second-order valence-corrected chi connectivity index (χ2v) is 9.64. The number of methoxy groups -OCH3 is 1. The molecule has 11 nitrogen and oxygen atoms in total. The van der Waals surface area contributed by atoms with Gasteiger partial charge in [0.05, 0.1) is 36.5 Å². The number of aromatic amines is 1. The summed E-state index contributed by atoms with van der Waals surface area (Å²) in [5, 5.41) is 21.3. The van der Waals surface area contributed by atoms with Crippen molar-refractivity contribution in [2.24, 2.45) is 0 Å². The standard InChI is InChI=1S/C26H24ClN7O4S/c1-38-25(36)11-16-3-5-17(6-4-16)20-13-21(30-31-26(20)37)22(14-39-2)29-24(35)10-7-18-12-19(27)8-9-23(18)34-15-28-32-33-34/h3-10,12-13,15,22H,11,14H2,1-2H3,(H,29,35)(H,31,37)/b10-7+/t22-/m0/s1. The molecule has 0 bridgehead atoms. The van der Waals surface area contributed by atoms with Gasteiger partial charge in [0, 0.05) is 22.4 Å². The summed E-state index contributed by atoms with van der Waals surface area (Å²) in [6.07, 6.45) is 6.50. The van der Waals surface area contributed by atoms with Crippen LogP contribution in [0.15, 0.2) is 65.7 Å². The van der Waals surface area contributed by atoms with Crippen LogP contribution < -0.4 is 10.9 Å². The zero-order chi connectivity index (χ0) is 27.8. The number of tetrazole rings is 1. The molecule has 39 heavy (non-hydrogen) atoms. The zero-order valence-corrected chi connectivity index (χ0v) is 22.6. The summed E-state index contributed by atoms with van der Waals surface area (Å²) in [6.45, 7) is 0. The van der Waals surface area contributed by atoms with E-state index in [1.807, 2.05) is 6.26 Å². The number of hydrogen-bond donors (Lipinski definition) is 2. The number of halogens is 1. The average molecular weight is 566 g/mol. The fourth-order valence-electron chi connectivity index (χ4n) is 3.75. The molecule has 0 spiro atoms. The van der Waals surface area contributed by atoms with Gasteiger partial charge in [-0.25, -0.2) is 5.10 Å². The third-order valence-corrected chi connectivity index (χ3v) is 6.57. The maximum atomic E-state index is 12.9. The van der Waals surface area contributed by atoms with E-state index < -0.39 is 6.04 Å². The molecular formula is C26H24ClN7O4S. The van der Waals surface area contributed by atoms with Crippen molar-refractivity contribution in [3.63, 3.8) is 0 Å². The first-order valence-electron chi connectivity index (χ1n) is 11.6. The number of H-pyrrole nitrogens is 1. The van der Waals surface area contributed by atoms with E-state index in [4.69, 9.17) is 16.3 Å². The molecular weight excluding hydrogens is 542 g/mol. The summed E-state index contributed by atoms with van der Waals surface area (Å²) >= 11 is 7.68. The lowest BCUT2D eigenvalue weighted by Crippen LogP contribution is -2.30. The number of nitrogens with zero attached hydrogens (tertiary/aromatic N) is 5.